The van der Waals surface area contributed by atoms with Crippen molar-refractivity contribution in [3.8, 4) is 17.0 Å². The Morgan fingerprint density at radius 3 is 2.55 bits per heavy atom. The number of aromatic nitrogens is 1. The first-order chi connectivity index (χ1) is 9.47. The minimum absolute atomic E-state index is 0.0973. The molecule has 0 atom stereocenters. The summed E-state index contributed by atoms with van der Waals surface area (Å²) in [5.41, 5.74) is 1.89. The van der Waals surface area contributed by atoms with Crippen molar-refractivity contribution < 1.29 is 5.11 Å². The highest BCUT2D eigenvalue weighted by Gasteiger charge is 2.14. The van der Waals surface area contributed by atoms with E-state index in [0.717, 1.165) is 21.6 Å². The molecule has 0 unspecified atom stereocenters. The van der Waals surface area contributed by atoms with E-state index in [4.69, 9.17) is 11.6 Å². The van der Waals surface area contributed by atoms with Crippen LogP contribution in [0.5, 0.6) is 5.75 Å². The molecule has 1 heterocycles. The monoisotopic (exact) mass is 375 g/mol. The molecule has 2 rings (SSSR count). The molecule has 0 amide bonds. The molecule has 110 valence electrons. The number of hydrogen-bond donors (Lipinski definition) is 1. The molecule has 0 saturated heterocycles. The summed E-state index contributed by atoms with van der Waals surface area (Å²) in [5.74, 6) is 0.670. The van der Waals surface area contributed by atoms with E-state index in [9.17, 15) is 5.11 Å². The lowest BCUT2D eigenvalue weighted by molar-refractivity contribution is 0.475. The summed E-state index contributed by atoms with van der Waals surface area (Å²) < 4.78 is 0.873. The fraction of sp³-hybridized carbons (Fsp3) is 0.400. The van der Waals surface area contributed by atoms with Gasteiger partial charge in [-0.3, -0.25) is 0 Å². The van der Waals surface area contributed by atoms with Gasteiger partial charge in [-0.25, -0.2) is 4.98 Å². The molecular formula is C15H19BrClNOS. The van der Waals surface area contributed by atoms with Crippen LogP contribution in [0, 0.1) is 5.92 Å². The molecule has 0 radical (unpaired) electrons. The molecule has 0 fully saturated rings. The highest BCUT2D eigenvalue weighted by Crippen LogP contribution is 2.35. The van der Waals surface area contributed by atoms with Crippen molar-refractivity contribution in [1.82, 2.24) is 4.98 Å². The fourth-order valence-electron chi connectivity index (χ4n) is 1.71. The fourth-order valence-corrected chi connectivity index (χ4v) is 3.67. The standard InChI is InChI=1S/C13H13BrClNOS.C2H6/c1-7(2)5-11-12(16-13(14)18-11)8-3-4-10(17)9(15)6-8;1-2/h3-4,6-7,17H,5H2,1-2H3;1-2H3. The summed E-state index contributed by atoms with van der Waals surface area (Å²) in [4.78, 5) is 5.73. The molecule has 1 N–H and O–H groups in total. The molecule has 1 aromatic carbocycles. The van der Waals surface area contributed by atoms with E-state index < -0.39 is 0 Å². The minimum Gasteiger partial charge on any atom is -0.506 e. The zero-order valence-electron chi connectivity index (χ0n) is 12.1. The van der Waals surface area contributed by atoms with Gasteiger partial charge in [0.05, 0.1) is 10.7 Å². The first-order valence-corrected chi connectivity index (χ1v) is 8.60. The van der Waals surface area contributed by atoms with Gasteiger partial charge < -0.3 is 5.11 Å². The quantitative estimate of drug-likeness (QED) is 0.696. The molecule has 2 nitrogen and oxygen atoms in total. The van der Waals surface area contributed by atoms with Crippen molar-refractivity contribution >= 4 is 38.9 Å². The maximum absolute atomic E-state index is 9.45. The van der Waals surface area contributed by atoms with E-state index in [1.165, 1.54) is 4.88 Å². The molecule has 20 heavy (non-hydrogen) atoms. The van der Waals surface area contributed by atoms with E-state index >= 15 is 0 Å². The van der Waals surface area contributed by atoms with Gasteiger partial charge >= 0.3 is 0 Å². The van der Waals surface area contributed by atoms with Crippen LogP contribution >= 0.6 is 38.9 Å². The largest absolute Gasteiger partial charge is 0.506 e. The van der Waals surface area contributed by atoms with Crippen LogP contribution in [0.4, 0.5) is 0 Å². The van der Waals surface area contributed by atoms with Gasteiger partial charge in [-0.05, 0) is 46.5 Å². The Morgan fingerprint density at radius 2 is 2.00 bits per heavy atom. The molecule has 1 aromatic heterocycles. The van der Waals surface area contributed by atoms with Gasteiger partial charge in [0.25, 0.3) is 0 Å². The SMILES string of the molecule is CC.CC(C)Cc1sc(Br)nc1-c1ccc(O)c(Cl)c1. The van der Waals surface area contributed by atoms with Crippen molar-refractivity contribution in [3.05, 3.63) is 32.0 Å². The van der Waals surface area contributed by atoms with Crippen molar-refractivity contribution in [2.24, 2.45) is 5.92 Å². The zero-order chi connectivity index (χ0) is 15.3. The summed E-state index contributed by atoms with van der Waals surface area (Å²) in [6.45, 7) is 8.36. The number of nitrogens with zero attached hydrogens (tertiary/aromatic N) is 1. The van der Waals surface area contributed by atoms with Gasteiger partial charge in [0.1, 0.15) is 5.75 Å². The lowest BCUT2D eigenvalue weighted by Gasteiger charge is -2.06. The van der Waals surface area contributed by atoms with Crippen molar-refractivity contribution in [3.63, 3.8) is 0 Å². The van der Waals surface area contributed by atoms with Crippen LogP contribution in [0.25, 0.3) is 11.3 Å². The van der Waals surface area contributed by atoms with Gasteiger partial charge in [-0.2, -0.15) is 0 Å². The maximum Gasteiger partial charge on any atom is 0.160 e. The normalized spacial score (nSPS) is 10.3. The van der Waals surface area contributed by atoms with Crippen LogP contribution < -0.4 is 0 Å². The van der Waals surface area contributed by atoms with Crippen LogP contribution in [0.3, 0.4) is 0 Å². The van der Waals surface area contributed by atoms with E-state index in [1.54, 1.807) is 23.5 Å². The zero-order valence-corrected chi connectivity index (χ0v) is 15.2. The predicted molar refractivity (Wildman–Crippen MR) is 91.8 cm³/mol. The number of hydrogen-bond acceptors (Lipinski definition) is 3. The molecule has 0 saturated carbocycles. The second-order valence-corrected chi connectivity index (χ2v) is 7.27. The van der Waals surface area contributed by atoms with E-state index in [0.29, 0.717) is 10.9 Å². The highest BCUT2D eigenvalue weighted by atomic mass is 79.9. The second-order valence-electron chi connectivity index (χ2n) is 4.50. The summed E-state index contributed by atoms with van der Waals surface area (Å²) >= 11 is 11.0. The Balaban J connectivity index is 0.000000956. The molecule has 0 spiro atoms. The number of aromatic hydroxyl groups is 1. The summed E-state index contributed by atoms with van der Waals surface area (Å²) in [5, 5.41) is 9.81. The topological polar surface area (TPSA) is 33.1 Å². The molecule has 0 bridgehead atoms. The smallest absolute Gasteiger partial charge is 0.160 e. The van der Waals surface area contributed by atoms with Crippen LogP contribution in [-0.4, -0.2) is 10.1 Å². The number of halogens is 2. The van der Waals surface area contributed by atoms with E-state index in [1.807, 2.05) is 19.9 Å². The lowest BCUT2D eigenvalue weighted by atomic mass is 10.0. The Bertz CT molecular complexity index is 569. The van der Waals surface area contributed by atoms with Crippen LogP contribution in [0.2, 0.25) is 5.02 Å². The van der Waals surface area contributed by atoms with E-state index in [-0.39, 0.29) is 5.75 Å². The Labute approximate surface area is 138 Å². The second kappa shape index (κ2) is 8.01. The van der Waals surface area contributed by atoms with Crippen LogP contribution in [0.1, 0.15) is 32.6 Å². The van der Waals surface area contributed by atoms with E-state index in [2.05, 4.69) is 34.8 Å². The average Bonchev–Trinajstić information content (AvgIpc) is 2.75. The molecule has 2 aromatic rings. The van der Waals surface area contributed by atoms with Gasteiger partial charge in [-0.1, -0.05) is 39.3 Å². The average molecular weight is 377 g/mol. The molecule has 0 aliphatic carbocycles. The maximum atomic E-state index is 9.45. The third kappa shape index (κ3) is 4.47. The lowest BCUT2D eigenvalue weighted by Crippen LogP contribution is -1.93. The first kappa shape index (κ1) is 17.5. The number of phenolic OH excluding ortho intramolecular Hbond substituents is 1. The van der Waals surface area contributed by atoms with Gasteiger partial charge in [0, 0.05) is 10.4 Å². The third-order valence-corrected chi connectivity index (χ3v) is 4.32. The molecule has 0 aliphatic rings. The minimum atomic E-state index is 0.0973. The van der Waals surface area contributed by atoms with Crippen molar-refractivity contribution in [2.45, 2.75) is 34.1 Å². The Morgan fingerprint density at radius 1 is 1.35 bits per heavy atom. The van der Waals surface area contributed by atoms with Gasteiger partial charge in [0.2, 0.25) is 0 Å². The summed E-state index contributed by atoms with van der Waals surface area (Å²) in [6, 6.07) is 5.19. The summed E-state index contributed by atoms with van der Waals surface area (Å²) in [7, 11) is 0. The van der Waals surface area contributed by atoms with Crippen LogP contribution in [0.15, 0.2) is 22.1 Å². The van der Waals surface area contributed by atoms with Crippen molar-refractivity contribution in [1.29, 1.82) is 0 Å². The Hall–Kier alpha value is -0.580. The molecule has 5 heteroatoms. The first-order valence-electron chi connectivity index (χ1n) is 6.61. The Kier molecular flexibility index (Phi) is 7.00. The third-order valence-electron chi connectivity index (χ3n) is 2.49. The van der Waals surface area contributed by atoms with Gasteiger partial charge in [0.15, 0.2) is 3.92 Å². The van der Waals surface area contributed by atoms with Gasteiger partial charge in [-0.15, -0.1) is 11.3 Å². The molecule has 0 aliphatic heterocycles. The van der Waals surface area contributed by atoms with Crippen molar-refractivity contribution in [2.75, 3.05) is 0 Å². The predicted octanol–water partition coefficient (Wildman–Crippen LogP) is 6.16. The summed E-state index contributed by atoms with van der Waals surface area (Å²) in [6.07, 6.45) is 0.983. The number of rotatable bonds is 3. The van der Waals surface area contributed by atoms with Crippen LogP contribution in [-0.2, 0) is 6.42 Å². The molecular weight excluding hydrogens is 358 g/mol. The highest BCUT2D eigenvalue weighted by molar-refractivity contribution is 9.11. The number of phenols is 1. The number of benzene rings is 1. The number of thiazole rings is 1.